The average molecular weight is 461 g/mol. The van der Waals surface area contributed by atoms with Crippen molar-refractivity contribution in [2.45, 2.75) is 6.92 Å². The molecule has 0 radical (unpaired) electrons. The van der Waals surface area contributed by atoms with Crippen molar-refractivity contribution in [3.05, 3.63) is 54.1 Å². The van der Waals surface area contributed by atoms with Crippen LogP contribution < -0.4 is 14.9 Å². The number of para-hydroxylation sites is 1. The summed E-state index contributed by atoms with van der Waals surface area (Å²) in [7, 11) is -3.65. The molecule has 0 aromatic heterocycles. The number of amides is 2. The van der Waals surface area contributed by atoms with E-state index in [1.54, 1.807) is 55.5 Å². The fourth-order valence-electron chi connectivity index (χ4n) is 3.36. The lowest BCUT2D eigenvalue weighted by Gasteiger charge is -2.25. The standard InChI is InChI=1S/C22H28N4O5S/c1-17-5-3-4-6-20(17)26(32(2,29)30)16-22(28)24-19-9-7-18(8-10-19)23-21(27)15-25-11-13-31-14-12-25/h3-10H,11-16H2,1-2H3,(H,23,27)(H,24,28). The lowest BCUT2D eigenvalue weighted by Crippen LogP contribution is -2.41. The number of nitrogens with zero attached hydrogens (tertiary/aromatic N) is 2. The highest BCUT2D eigenvalue weighted by Gasteiger charge is 2.22. The average Bonchev–Trinajstić information content (AvgIpc) is 2.74. The number of rotatable bonds is 8. The van der Waals surface area contributed by atoms with Crippen LogP contribution in [0.5, 0.6) is 0 Å². The molecule has 0 saturated carbocycles. The number of carbonyl (C=O) groups is 2. The maximum absolute atomic E-state index is 12.5. The normalized spacial score (nSPS) is 14.6. The van der Waals surface area contributed by atoms with Gasteiger partial charge in [0.15, 0.2) is 0 Å². The molecule has 9 nitrogen and oxygen atoms in total. The molecule has 1 aliphatic heterocycles. The maximum Gasteiger partial charge on any atom is 0.245 e. The number of carbonyl (C=O) groups excluding carboxylic acids is 2. The van der Waals surface area contributed by atoms with Gasteiger partial charge in [0.05, 0.1) is 31.7 Å². The Bertz CT molecular complexity index is 1050. The first-order chi connectivity index (χ1) is 15.2. The zero-order valence-electron chi connectivity index (χ0n) is 18.2. The Labute approximate surface area is 188 Å². The quantitative estimate of drug-likeness (QED) is 0.621. The van der Waals surface area contributed by atoms with Crippen LogP contribution in [0.2, 0.25) is 0 Å². The number of benzene rings is 2. The predicted molar refractivity (Wildman–Crippen MR) is 124 cm³/mol. The first-order valence-corrected chi connectivity index (χ1v) is 12.1. The number of hydrogen-bond acceptors (Lipinski definition) is 6. The van der Waals surface area contributed by atoms with Gasteiger partial charge in [0.1, 0.15) is 6.54 Å². The highest BCUT2D eigenvalue weighted by molar-refractivity contribution is 7.92. The molecule has 1 heterocycles. The lowest BCUT2D eigenvalue weighted by molar-refractivity contribution is -0.118. The Morgan fingerprint density at radius 1 is 0.969 bits per heavy atom. The van der Waals surface area contributed by atoms with Crippen molar-refractivity contribution < 1.29 is 22.7 Å². The number of anilines is 3. The van der Waals surface area contributed by atoms with Crippen LogP contribution in [0, 0.1) is 6.92 Å². The number of nitrogens with one attached hydrogen (secondary N) is 2. The van der Waals surface area contributed by atoms with Gasteiger partial charge in [-0.1, -0.05) is 18.2 Å². The van der Waals surface area contributed by atoms with Crippen molar-refractivity contribution in [2.24, 2.45) is 0 Å². The third-order valence-electron chi connectivity index (χ3n) is 5.00. The van der Waals surface area contributed by atoms with Crippen LogP contribution in [-0.2, 0) is 24.3 Å². The summed E-state index contributed by atoms with van der Waals surface area (Å²) in [6.45, 7) is 4.45. The molecule has 0 spiro atoms. The van der Waals surface area contributed by atoms with E-state index in [1.165, 1.54) is 0 Å². The Kier molecular flexibility index (Phi) is 7.84. The van der Waals surface area contributed by atoms with Crippen molar-refractivity contribution in [1.82, 2.24) is 4.90 Å². The molecule has 1 fully saturated rings. The Morgan fingerprint density at radius 3 is 2.09 bits per heavy atom. The van der Waals surface area contributed by atoms with Gasteiger partial charge in [0, 0.05) is 24.5 Å². The zero-order valence-corrected chi connectivity index (χ0v) is 19.0. The van der Waals surface area contributed by atoms with Crippen LogP contribution in [0.15, 0.2) is 48.5 Å². The van der Waals surface area contributed by atoms with E-state index in [2.05, 4.69) is 10.6 Å². The van der Waals surface area contributed by atoms with Crippen molar-refractivity contribution in [3.63, 3.8) is 0 Å². The fourth-order valence-corrected chi connectivity index (χ4v) is 4.27. The molecule has 0 atom stereocenters. The number of morpholine rings is 1. The molecule has 2 amide bonds. The largest absolute Gasteiger partial charge is 0.379 e. The maximum atomic E-state index is 12.5. The SMILES string of the molecule is Cc1ccccc1N(CC(=O)Nc1ccc(NC(=O)CN2CCOCC2)cc1)S(C)(=O)=O. The highest BCUT2D eigenvalue weighted by atomic mass is 32.2. The molecule has 10 heteroatoms. The van der Waals surface area contributed by atoms with E-state index in [9.17, 15) is 18.0 Å². The van der Waals surface area contributed by atoms with Crippen LogP contribution in [0.4, 0.5) is 17.1 Å². The Balaban J connectivity index is 1.57. The third-order valence-corrected chi connectivity index (χ3v) is 6.12. The molecule has 1 aliphatic rings. The third kappa shape index (κ3) is 6.78. The second kappa shape index (κ2) is 10.6. The van der Waals surface area contributed by atoms with Crippen LogP contribution in [0.1, 0.15) is 5.56 Å². The minimum atomic E-state index is -3.65. The smallest absolute Gasteiger partial charge is 0.245 e. The molecule has 1 saturated heterocycles. The van der Waals surface area contributed by atoms with Crippen LogP contribution >= 0.6 is 0 Å². The predicted octanol–water partition coefficient (Wildman–Crippen LogP) is 1.67. The summed E-state index contributed by atoms with van der Waals surface area (Å²) in [5.41, 5.74) is 2.32. The lowest BCUT2D eigenvalue weighted by atomic mass is 10.2. The summed E-state index contributed by atoms with van der Waals surface area (Å²) < 4.78 is 30.9. The molecule has 172 valence electrons. The molecule has 2 N–H and O–H groups in total. The molecule has 0 aliphatic carbocycles. The van der Waals surface area contributed by atoms with Gasteiger partial charge < -0.3 is 15.4 Å². The van der Waals surface area contributed by atoms with Gasteiger partial charge in [0.2, 0.25) is 21.8 Å². The van der Waals surface area contributed by atoms with E-state index in [-0.39, 0.29) is 12.5 Å². The monoisotopic (exact) mass is 460 g/mol. The van der Waals surface area contributed by atoms with Crippen LogP contribution in [0.3, 0.4) is 0 Å². The van der Waals surface area contributed by atoms with Crippen LogP contribution in [0.25, 0.3) is 0 Å². The van der Waals surface area contributed by atoms with Gasteiger partial charge in [-0.3, -0.25) is 18.8 Å². The molecule has 3 rings (SSSR count). The first-order valence-electron chi connectivity index (χ1n) is 10.3. The summed E-state index contributed by atoms with van der Waals surface area (Å²) in [4.78, 5) is 26.8. The van der Waals surface area contributed by atoms with Crippen molar-refractivity contribution in [1.29, 1.82) is 0 Å². The van der Waals surface area contributed by atoms with Gasteiger partial charge in [-0.15, -0.1) is 0 Å². The minimum absolute atomic E-state index is 0.120. The van der Waals surface area contributed by atoms with E-state index in [1.807, 2.05) is 4.90 Å². The van der Waals surface area contributed by atoms with Gasteiger partial charge in [-0.2, -0.15) is 0 Å². The number of sulfonamides is 1. The minimum Gasteiger partial charge on any atom is -0.379 e. The van der Waals surface area contributed by atoms with E-state index >= 15 is 0 Å². The van der Waals surface area contributed by atoms with Crippen molar-refractivity contribution in [3.8, 4) is 0 Å². The topological polar surface area (TPSA) is 108 Å². The summed E-state index contributed by atoms with van der Waals surface area (Å²) in [5.74, 6) is -0.589. The van der Waals surface area contributed by atoms with Gasteiger partial charge in [-0.25, -0.2) is 8.42 Å². The summed E-state index contributed by atoms with van der Waals surface area (Å²) in [6, 6.07) is 13.7. The van der Waals surface area contributed by atoms with Gasteiger partial charge in [0.25, 0.3) is 0 Å². The highest BCUT2D eigenvalue weighted by Crippen LogP contribution is 2.22. The molecule has 0 unspecified atom stereocenters. The zero-order chi connectivity index (χ0) is 23.1. The van der Waals surface area contributed by atoms with Gasteiger partial charge in [-0.05, 0) is 42.8 Å². The number of hydrogen-bond donors (Lipinski definition) is 2. The number of aryl methyl sites for hydroxylation is 1. The molecule has 2 aromatic rings. The number of ether oxygens (including phenoxy) is 1. The van der Waals surface area contributed by atoms with Crippen molar-refractivity contribution in [2.75, 3.05) is 60.6 Å². The van der Waals surface area contributed by atoms with E-state index < -0.39 is 15.9 Å². The van der Waals surface area contributed by atoms with Crippen molar-refractivity contribution >= 4 is 38.9 Å². The first kappa shape index (κ1) is 23.7. The summed E-state index contributed by atoms with van der Waals surface area (Å²) >= 11 is 0. The summed E-state index contributed by atoms with van der Waals surface area (Å²) in [5, 5.41) is 5.53. The molecule has 32 heavy (non-hydrogen) atoms. The second-order valence-electron chi connectivity index (χ2n) is 7.62. The molecular weight excluding hydrogens is 432 g/mol. The van der Waals surface area contributed by atoms with E-state index in [0.717, 1.165) is 29.2 Å². The van der Waals surface area contributed by atoms with Gasteiger partial charge >= 0.3 is 0 Å². The summed E-state index contributed by atoms with van der Waals surface area (Å²) in [6.07, 6.45) is 1.07. The molecule has 2 aromatic carbocycles. The molecular formula is C22H28N4O5S. The Morgan fingerprint density at radius 2 is 1.53 bits per heavy atom. The van der Waals surface area contributed by atoms with E-state index in [4.69, 9.17) is 4.74 Å². The molecule has 0 bridgehead atoms. The van der Waals surface area contributed by atoms with E-state index in [0.29, 0.717) is 36.8 Å². The Hall–Kier alpha value is -2.95. The fraction of sp³-hybridized carbons (Fsp3) is 0.364. The van der Waals surface area contributed by atoms with Crippen LogP contribution in [-0.4, -0.2) is 70.8 Å². The second-order valence-corrected chi connectivity index (χ2v) is 9.53.